The lowest BCUT2D eigenvalue weighted by Gasteiger charge is -2.20. The van der Waals surface area contributed by atoms with Crippen molar-refractivity contribution in [1.29, 1.82) is 0 Å². The average Bonchev–Trinajstić information content (AvgIpc) is 2.86. The molecule has 0 aliphatic carbocycles. The lowest BCUT2D eigenvalue weighted by Crippen LogP contribution is -2.40. The Hall–Kier alpha value is -2.25. The minimum Gasteiger partial charge on any atom is -0.478 e. The van der Waals surface area contributed by atoms with Gasteiger partial charge in [0, 0.05) is 24.5 Å². The summed E-state index contributed by atoms with van der Waals surface area (Å²) in [5.41, 5.74) is 1.62. The predicted octanol–water partition coefficient (Wildman–Crippen LogP) is 3.01. The number of nitrogens with one attached hydrogen (secondary N) is 1. The van der Waals surface area contributed by atoms with Crippen LogP contribution in [0.2, 0.25) is 5.02 Å². The second kappa shape index (κ2) is 8.84. The molecule has 2 aromatic carbocycles. The fourth-order valence-corrected chi connectivity index (χ4v) is 4.20. The fraction of sp³-hybridized carbons (Fsp3) is 0.350. The van der Waals surface area contributed by atoms with Crippen molar-refractivity contribution >= 4 is 33.2 Å². The third-order valence-electron chi connectivity index (χ3n) is 4.55. The quantitative estimate of drug-likeness (QED) is 0.726. The van der Waals surface area contributed by atoms with Crippen LogP contribution >= 0.6 is 11.6 Å². The molecule has 0 saturated carbocycles. The van der Waals surface area contributed by atoms with E-state index < -0.39 is 16.1 Å². The predicted molar refractivity (Wildman–Crippen MR) is 110 cm³/mol. The summed E-state index contributed by atoms with van der Waals surface area (Å²) >= 11 is 5.88. The number of ether oxygens (including phenoxy) is 1. The third kappa shape index (κ3) is 5.17. The lowest BCUT2D eigenvalue weighted by atomic mass is 10.1. The first-order valence-electron chi connectivity index (χ1n) is 9.10. The molecule has 1 atom stereocenters. The molecular weight excluding hydrogens is 400 g/mol. The Morgan fingerprint density at radius 2 is 1.93 bits per heavy atom. The number of nitrogens with zero attached hydrogens (tertiary/aromatic N) is 1. The van der Waals surface area contributed by atoms with Crippen molar-refractivity contribution in [3.05, 3.63) is 59.1 Å². The van der Waals surface area contributed by atoms with E-state index in [9.17, 15) is 13.2 Å². The van der Waals surface area contributed by atoms with Crippen LogP contribution in [0.15, 0.2) is 48.5 Å². The number of sulfonamides is 1. The highest BCUT2D eigenvalue weighted by Gasteiger charge is 2.30. The van der Waals surface area contributed by atoms with Crippen molar-refractivity contribution in [2.24, 2.45) is 0 Å². The summed E-state index contributed by atoms with van der Waals surface area (Å²) in [4.78, 5) is 12.6. The molecule has 1 N–H and O–H groups in total. The van der Waals surface area contributed by atoms with Gasteiger partial charge in [-0.05, 0) is 42.7 Å². The maximum absolute atomic E-state index is 12.6. The first-order valence-corrected chi connectivity index (χ1v) is 11.3. The molecule has 150 valence electrons. The van der Waals surface area contributed by atoms with Crippen LogP contribution in [0.1, 0.15) is 18.4 Å². The molecule has 6 nitrogen and oxygen atoms in total. The van der Waals surface area contributed by atoms with Gasteiger partial charge in [0.15, 0.2) is 6.10 Å². The first-order chi connectivity index (χ1) is 13.3. The SMILES string of the molecule is CS(=O)(=O)N1CC[C@@H](C(=O)NCCCc2ccc(Cl)cc2)Oc2ccccc21. The molecule has 0 spiro atoms. The van der Waals surface area contributed by atoms with E-state index in [2.05, 4.69) is 5.32 Å². The van der Waals surface area contributed by atoms with Crippen molar-refractivity contribution in [3.63, 3.8) is 0 Å². The monoisotopic (exact) mass is 422 g/mol. The van der Waals surface area contributed by atoms with E-state index >= 15 is 0 Å². The van der Waals surface area contributed by atoms with E-state index in [1.54, 1.807) is 24.3 Å². The molecule has 0 bridgehead atoms. The van der Waals surface area contributed by atoms with Gasteiger partial charge in [0.25, 0.3) is 5.91 Å². The molecule has 0 unspecified atom stereocenters. The van der Waals surface area contributed by atoms with E-state index in [4.69, 9.17) is 16.3 Å². The molecule has 3 rings (SSSR count). The molecule has 1 heterocycles. The van der Waals surface area contributed by atoms with E-state index in [0.29, 0.717) is 23.0 Å². The molecule has 0 saturated heterocycles. The zero-order valence-corrected chi connectivity index (χ0v) is 17.2. The molecule has 1 aliphatic rings. The number of carbonyl (C=O) groups excluding carboxylic acids is 1. The Kier molecular flexibility index (Phi) is 6.46. The summed E-state index contributed by atoms with van der Waals surface area (Å²) in [7, 11) is -3.45. The fourth-order valence-electron chi connectivity index (χ4n) is 3.13. The number of fused-ring (bicyclic) bond motifs is 1. The third-order valence-corrected chi connectivity index (χ3v) is 5.98. The van der Waals surface area contributed by atoms with Crippen LogP contribution in [-0.2, 0) is 21.2 Å². The van der Waals surface area contributed by atoms with Crippen LogP contribution in [0.4, 0.5) is 5.69 Å². The van der Waals surface area contributed by atoms with Crippen molar-refractivity contribution in [3.8, 4) is 5.75 Å². The number of carbonyl (C=O) groups is 1. The van der Waals surface area contributed by atoms with Gasteiger partial charge in [-0.2, -0.15) is 0 Å². The van der Waals surface area contributed by atoms with Crippen molar-refractivity contribution in [1.82, 2.24) is 5.32 Å². The molecule has 8 heteroatoms. The standard InChI is InChI=1S/C20H23ClN2O4S/c1-28(25,26)23-14-12-19(27-18-7-3-2-6-17(18)23)20(24)22-13-4-5-15-8-10-16(21)11-9-15/h2-3,6-11,19H,4-5,12-14H2,1H3,(H,22,24)/t19-/m0/s1. The van der Waals surface area contributed by atoms with Crippen LogP contribution in [0.5, 0.6) is 5.75 Å². The van der Waals surface area contributed by atoms with Gasteiger partial charge in [-0.25, -0.2) is 8.42 Å². The maximum atomic E-state index is 12.6. The van der Waals surface area contributed by atoms with Gasteiger partial charge in [-0.15, -0.1) is 0 Å². The number of para-hydroxylation sites is 2. The van der Waals surface area contributed by atoms with Gasteiger partial charge in [-0.3, -0.25) is 9.10 Å². The highest BCUT2D eigenvalue weighted by Crippen LogP contribution is 2.33. The van der Waals surface area contributed by atoms with Gasteiger partial charge in [-0.1, -0.05) is 35.9 Å². The Morgan fingerprint density at radius 1 is 1.21 bits per heavy atom. The molecular formula is C20H23ClN2O4S. The number of amides is 1. The topological polar surface area (TPSA) is 75.7 Å². The first kappa shape index (κ1) is 20.5. The summed E-state index contributed by atoms with van der Waals surface area (Å²) in [6.07, 6.45) is 2.31. The zero-order chi connectivity index (χ0) is 20.1. The number of rotatable bonds is 6. The average molecular weight is 423 g/mol. The second-order valence-corrected chi connectivity index (χ2v) is 9.06. The number of aryl methyl sites for hydroxylation is 1. The van der Waals surface area contributed by atoms with Gasteiger partial charge in [0.05, 0.1) is 11.9 Å². The molecule has 1 amide bonds. The van der Waals surface area contributed by atoms with Crippen LogP contribution < -0.4 is 14.4 Å². The molecule has 0 radical (unpaired) electrons. The molecule has 2 aromatic rings. The summed E-state index contributed by atoms with van der Waals surface area (Å²) in [5, 5.41) is 3.59. The van der Waals surface area contributed by atoms with Gasteiger partial charge >= 0.3 is 0 Å². The highest BCUT2D eigenvalue weighted by molar-refractivity contribution is 7.92. The summed E-state index contributed by atoms with van der Waals surface area (Å²) in [6, 6.07) is 14.5. The minimum atomic E-state index is -3.45. The minimum absolute atomic E-state index is 0.193. The van der Waals surface area contributed by atoms with E-state index in [1.165, 1.54) is 4.31 Å². The van der Waals surface area contributed by atoms with E-state index in [0.717, 1.165) is 24.7 Å². The van der Waals surface area contributed by atoms with Crippen LogP contribution in [0, 0.1) is 0 Å². The zero-order valence-electron chi connectivity index (χ0n) is 15.6. The summed E-state index contributed by atoms with van der Waals surface area (Å²) < 4.78 is 31.3. The van der Waals surface area contributed by atoms with E-state index in [1.807, 2.05) is 24.3 Å². The molecule has 0 fully saturated rings. The van der Waals surface area contributed by atoms with Crippen molar-refractivity contribution < 1.29 is 17.9 Å². The smallest absolute Gasteiger partial charge is 0.261 e. The van der Waals surface area contributed by atoms with Crippen LogP contribution in [0.3, 0.4) is 0 Å². The largest absolute Gasteiger partial charge is 0.478 e. The number of hydrogen-bond donors (Lipinski definition) is 1. The Morgan fingerprint density at radius 3 is 2.64 bits per heavy atom. The number of hydrogen-bond acceptors (Lipinski definition) is 4. The highest BCUT2D eigenvalue weighted by atomic mass is 35.5. The lowest BCUT2D eigenvalue weighted by molar-refractivity contribution is -0.128. The van der Waals surface area contributed by atoms with Crippen LogP contribution in [0.25, 0.3) is 0 Å². The van der Waals surface area contributed by atoms with Crippen molar-refractivity contribution in [2.75, 3.05) is 23.7 Å². The second-order valence-electron chi connectivity index (χ2n) is 6.72. The molecule has 28 heavy (non-hydrogen) atoms. The summed E-state index contributed by atoms with van der Waals surface area (Å²) in [5.74, 6) is 0.160. The number of benzene rings is 2. The Labute approximate surface area is 170 Å². The Bertz CT molecular complexity index is 931. The van der Waals surface area contributed by atoms with Gasteiger partial charge in [0.2, 0.25) is 10.0 Å². The summed E-state index contributed by atoms with van der Waals surface area (Å²) in [6.45, 7) is 0.706. The van der Waals surface area contributed by atoms with E-state index in [-0.39, 0.29) is 18.9 Å². The van der Waals surface area contributed by atoms with Crippen LogP contribution in [-0.4, -0.2) is 39.8 Å². The molecule has 1 aliphatic heterocycles. The maximum Gasteiger partial charge on any atom is 0.261 e. The number of halogens is 1. The Balaban J connectivity index is 1.58. The van der Waals surface area contributed by atoms with Gasteiger partial charge in [0.1, 0.15) is 5.75 Å². The van der Waals surface area contributed by atoms with Crippen molar-refractivity contribution in [2.45, 2.75) is 25.4 Å². The molecule has 0 aromatic heterocycles. The number of anilines is 1. The normalized spacial score (nSPS) is 16.6. The van der Waals surface area contributed by atoms with Gasteiger partial charge < -0.3 is 10.1 Å².